The average molecular weight is 282 g/mol. The molecule has 0 amide bonds. The highest BCUT2D eigenvalue weighted by Gasteiger charge is 2.00. The van der Waals surface area contributed by atoms with Crippen LogP contribution in [0.25, 0.3) is 0 Å². The summed E-state index contributed by atoms with van der Waals surface area (Å²) in [7, 11) is 0. The summed E-state index contributed by atoms with van der Waals surface area (Å²) >= 11 is 0. The zero-order valence-electron chi connectivity index (χ0n) is 13.0. The van der Waals surface area contributed by atoms with Crippen LogP contribution < -0.4 is 0 Å². The van der Waals surface area contributed by atoms with E-state index in [1.807, 2.05) is 30.3 Å². The Morgan fingerprint density at radius 3 is 1.95 bits per heavy atom. The second-order valence-corrected chi connectivity index (χ2v) is 4.99. The van der Waals surface area contributed by atoms with Gasteiger partial charge in [-0.1, -0.05) is 37.5 Å². The van der Waals surface area contributed by atoms with Gasteiger partial charge in [-0.15, -0.1) is 12.8 Å². The van der Waals surface area contributed by atoms with Gasteiger partial charge < -0.3 is 0 Å². The number of rotatable bonds is 2. The van der Waals surface area contributed by atoms with Crippen LogP contribution in [0.1, 0.15) is 47.2 Å². The van der Waals surface area contributed by atoms with E-state index in [2.05, 4.69) is 43.6 Å². The minimum atomic E-state index is 0.897. The number of benzene rings is 2. The van der Waals surface area contributed by atoms with Gasteiger partial charge in [0.2, 0.25) is 0 Å². The maximum atomic E-state index is 5.50. The van der Waals surface area contributed by atoms with Gasteiger partial charge in [0.05, 0.1) is 0 Å². The topological polar surface area (TPSA) is 0 Å². The molecule has 0 aliphatic rings. The molecule has 0 radical (unpaired) electrons. The van der Waals surface area contributed by atoms with Gasteiger partial charge in [0.25, 0.3) is 0 Å². The minimum Gasteiger partial charge on any atom is -0.115 e. The molecule has 0 nitrogen and oxygen atoms in total. The summed E-state index contributed by atoms with van der Waals surface area (Å²) in [6, 6.07) is 12.0. The van der Waals surface area contributed by atoms with Crippen molar-refractivity contribution in [2.24, 2.45) is 0 Å². The minimum absolute atomic E-state index is 0.897. The molecule has 0 saturated heterocycles. The van der Waals surface area contributed by atoms with Gasteiger partial charge in [0.15, 0.2) is 0 Å². The molecule has 0 unspecified atom stereocenters. The summed E-state index contributed by atoms with van der Waals surface area (Å²) in [5.74, 6) is 11.9. The van der Waals surface area contributed by atoms with Crippen molar-refractivity contribution in [1.82, 2.24) is 0 Å². The number of hydrogen-bond acceptors (Lipinski definition) is 0. The van der Waals surface area contributed by atoms with Crippen LogP contribution in [0, 0.1) is 36.5 Å². The van der Waals surface area contributed by atoms with Crippen LogP contribution in [0.4, 0.5) is 0 Å². The van der Waals surface area contributed by atoms with E-state index in [-0.39, 0.29) is 0 Å². The SMILES string of the molecule is C#Cc1ccc(C#Cc2ccc(C#C)c(CC)c2)c(CC)c1. The zero-order valence-corrected chi connectivity index (χ0v) is 13.0. The van der Waals surface area contributed by atoms with Crippen LogP contribution in [0.3, 0.4) is 0 Å². The van der Waals surface area contributed by atoms with E-state index in [1.54, 1.807) is 0 Å². The normalized spacial score (nSPS) is 9.27. The molecule has 0 aliphatic carbocycles. The van der Waals surface area contributed by atoms with E-state index < -0.39 is 0 Å². The molecule has 0 aliphatic heterocycles. The highest BCUT2D eigenvalue weighted by molar-refractivity contribution is 5.52. The lowest BCUT2D eigenvalue weighted by atomic mass is 10.0. The molecule has 0 N–H and O–H groups in total. The quantitative estimate of drug-likeness (QED) is 0.725. The number of hydrogen-bond donors (Lipinski definition) is 0. The molecule has 0 heteroatoms. The number of aryl methyl sites for hydroxylation is 2. The van der Waals surface area contributed by atoms with Crippen molar-refractivity contribution in [2.45, 2.75) is 26.7 Å². The molecular formula is C22H18. The first kappa shape index (κ1) is 15.5. The van der Waals surface area contributed by atoms with E-state index in [0.717, 1.165) is 40.7 Å². The third-order valence-electron chi connectivity index (χ3n) is 3.64. The van der Waals surface area contributed by atoms with Gasteiger partial charge >= 0.3 is 0 Å². The molecule has 0 atom stereocenters. The molecular weight excluding hydrogens is 264 g/mol. The van der Waals surface area contributed by atoms with Crippen LogP contribution in [0.15, 0.2) is 36.4 Å². The molecule has 0 spiro atoms. The fraction of sp³-hybridized carbons (Fsp3) is 0.182. The Morgan fingerprint density at radius 1 is 0.727 bits per heavy atom. The molecule has 22 heavy (non-hydrogen) atoms. The van der Waals surface area contributed by atoms with Crippen LogP contribution in [0.5, 0.6) is 0 Å². The number of terminal acetylenes is 2. The van der Waals surface area contributed by atoms with E-state index in [1.165, 1.54) is 5.56 Å². The predicted molar refractivity (Wildman–Crippen MR) is 93.5 cm³/mol. The van der Waals surface area contributed by atoms with Crippen molar-refractivity contribution in [3.8, 4) is 36.5 Å². The predicted octanol–water partition coefficient (Wildman–Crippen LogP) is 4.17. The standard InChI is InChI=1S/C22H18/c1-5-17-9-13-22(21(8-4)15-17)14-11-18-10-12-19(6-2)20(7-3)16-18/h1-2,9-10,12-13,15-16H,7-8H2,3-4H3. The van der Waals surface area contributed by atoms with Crippen molar-refractivity contribution in [3.63, 3.8) is 0 Å². The first-order chi connectivity index (χ1) is 10.7. The van der Waals surface area contributed by atoms with Crippen LogP contribution in [-0.4, -0.2) is 0 Å². The lowest BCUT2D eigenvalue weighted by molar-refractivity contribution is 1.13. The third kappa shape index (κ3) is 3.41. The highest BCUT2D eigenvalue weighted by atomic mass is 14.0. The Morgan fingerprint density at radius 2 is 1.32 bits per heavy atom. The van der Waals surface area contributed by atoms with Gasteiger partial charge in [-0.05, 0) is 60.4 Å². The van der Waals surface area contributed by atoms with Gasteiger partial charge in [-0.2, -0.15) is 0 Å². The molecule has 2 aromatic rings. The van der Waals surface area contributed by atoms with Crippen LogP contribution >= 0.6 is 0 Å². The lowest BCUT2D eigenvalue weighted by Gasteiger charge is -2.03. The highest BCUT2D eigenvalue weighted by Crippen LogP contribution is 2.14. The fourth-order valence-corrected chi connectivity index (χ4v) is 2.34. The molecule has 0 bridgehead atoms. The van der Waals surface area contributed by atoms with Gasteiger partial charge in [-0.3, -0.25) is 0 Å². The molecule has 0 heterocycles. The maximum absolute atomic E-state index is 5.50. The fourth-order valence-electron chi connectivity index (χ4n) is 2.34. The van der Waals surface area contributed by atoms with E-state index in [0.29, 0.717) is 0 Å². The molecule has 0 saturated carbocycles. The second-order valence-electron chi connectivity index (χ2n) is 4.99. The van der Waals surface area contributed by atoms with Crippen molar-refractivity contribution < 1.29 is 0 Å². The monoisotopic (exact) mass is 282 g/mol. The Balaban J connectivity index is 2.39. The molecule has 106 valence electrons. The van der Waals surface area contributed by atoms with Gasteiger partial charge in [0, 0.05) is 22.3 Å². The smallest absolute Gasteiger partial charge is 0.0281 e. The third-order valence-corrected chi connectivity index (χ3v) is 3.64. The molecule has 0 aromatic heterocycles. The van der Waals surface area contributed by atoms with E-state index in [9.17, 15) is 0 Å². The van der Waals surface area contributed by atoms with E-state index >= 15 is 0 Å². The summed E-state index contributed by atoms with van der Waals surface area (Å²) in [5.41, 5.74) is 6.20. The van der Waals surface area contributed by atoms with Gasteiger partial charge in [-0.25, -0.2) is 0 Å². The van der Waals surface area contributed by atoms with Crippen molar-refractivity contribution in [1.29, 1.82) is 0 Å². The zero-order chi connectivity index (χ0) is 15.9. The Hall–Kier alpha value is -2.88. The molecule has 2 rings (SSSR count). The summed E-state index contributed by atoms with van der Waals surface area (Å²) in [4.78, 5) is 0. The van der Waals surface area contributed by atoms with Gasteiger partial charge in [0.1, 0.15) is 0 Å². The summed E-state index contributed by atoms with van der Waals surface area (Å²) < 4.78 is 0. The summed E-state index contributed by atoms with van der Waals surface area (Å²) in [6.45, 7) is 4.21. The molecule has 0 fully saturated rings. The summed E-state index contributed by atoms with van der Waals surface area (Å²) in [5, 5.41) is 0. The lowest BCUT2D eigenvalue weighted by Crippen LogP contribution is -1.90. The second kappa shape index (κ2) is 7.22. The van der Waals surface area contributed by atoms with Crippen LogP contribution in [-0.2, 0) is 12.8 Å². The first-order valence-corrected chi connectivity index (χ1v) is 7.42. The van der Waals surface area contributed by atoms with E-state index in [4.69, 9.17) is 12.8 Å². The Bertz CT molecular complexity index is 827. The largest absolute Gasteiger partial charge is 0.115 e. The Labute approximate surface area is 133 Å². The molecule has 2 aromatic carbocycles. The first-order valence-electron chi connectivity index (χ1n) is 7.42. The van der Waals surface area contributed by atoms with Crippen molar-refractivity contribution >= 4 is 0 Å². The van der Waals surface area contributed by atoms with Crippen molar-refractivity contribution in [2.75, 3.05) is 0 Å². The Kier molecular flexibility index (Phi) is 5.09. The average Bonchev–Trinajstić information content (AvgIpc) is 2.59. The summed E-state index contributed by atoms with van der Waals surface area (Å²) in [6.07, 6.45) is 12.8. The van der Waals surface area contributed by atoms with Crippen molar-refractivity contribution in [3.05, 3.63) is 69.8 Å². The van der Waals surface area contributed by atoms with Crippen LogP contribution in [0.2, 0.25) is 0 Å². The maximum Gasteiger partial charge on any atom is 0.0281 e.